The molecule has 38 heavy (non-hydrogen) atoms. The number of thioether (sulfide) groups is 2. The zero-order valence-electron chi connectivity index (χ0n) is 22.5. The number of hydrogen-bond donors (Lipinski definition) is 3. The van der Waals surface area contributed by atoms with E-state index in [0.29, 0.717) is 18.1 Å². The van der Waals surface area contributed by atoms with Crippen molar-refractivity contribution in [2.45, 2.75) is 101 Å². The lowest BCUT2D eigenvalue weighted by molar-refractivity contribution is -0.137. The molecule has 0 amide bonds. The van der Waals surface area contributed by atoms with Crippen LogP contribution in [0.4, 0.5) is 0 Å². The Bertz CT molecular complexity index is 967. The molecule has 0 saturated heterocycles. The van der Waals surface area contributed by atoms with E-state index in [2.05, 4.69) is 18.2 Å². The molecule has 3 rings (SSSR count). The van der Waals surface area contributed by atoms with Gasteiger partial charge in [-0.1, -0.05) is 69.2 Å². The number of rotatable bonds is 19. The van der Waals surface area contributed by atoms with Crippen LogP contribution in [0, 0.1) is 0 Å². The fraction of sp³-hybridized carbons (Fsp3) is 0.581. The average Bonchev–Trinajstić information content (AvgIpc) is 2.90. The van der Waals surface area contributed by atoms with Gasteiger partial charge in [0.1, 0.15) is 22.7 Å². The predicted octanol–water partition coefficient (Wildman–Crippen LogP) is 8.72. The van der Waals surface area contributed by atoms with E-state index < -0.39 is 5.97 Å². The Balaban J connectivity index is 1.26. The zero-order chi connectivity index (χ0) is 27.0. The maximum atomic E-state index is 10.5. The lowest BCUT2D eigenvalue weighted by Crippen LogP contribution is -2.23. The molecule has 2 unspecified atom stereocenters. The predicted molar refractivity (Wildman–Crippen MR) is 160 cm³/mol. The second-order valence-electron chi connectivity index (χ2n) is 10.2. The number of ether oxygens (including phenoxy) is 1. The molecule has 0 fully saturated rings. The van der Waals surface area contributed by atoms with Crippen LogP contribution in [0.15, 0.2) is 42.5 Å². The van der Waals surface area contributed by atoms with Crippen LogP contribution in [0.2, 0.25) is 0 Å². The lowest BCUT2D eigenvalue weighted by atomic mass is 9.88. The number of hydrogen-bond acceptors (Lipinski definition) is 6. The van der Waals surface area contributed by atoms with Crippen LogP contribution in [0.25, 0.3) is 0 Å². The molecule has 210 valence electrons. The number of phenolic OH excluding ortho intramolecular Hbond substituents is 2. The van der Waals surface area contributed by atoms with Crippen molar-refractivity contribution >= 4 is 29.5 Å². The highest BCUT2D eigenvalue weighted by Crippen LogP contribution is 2.43. The number of carboxylic acid groups (broad SMARTS) is 1. The van der Waals surface area contributed by atoms with Crippen LogP contribution in [-0.2, 0) is 10.5 Å². The molecule has 0 saturated carbocycles. The number of carbonyl (C=O) groups is 1. The van der Waals surface area contributed by atoms with E-state index >= 15 is 0 Å². The largest absolute Gasteiger partial charge is 0.508 e. The molecule has 2 aromatic carbocycles. The topological polar surface area (TPSA) is 87.0 Å². The molecule has 1 aliphatic rings. The van der Waals surface area contributed by atoms with Crippen molar-refractivity contribution in [3.05, 3.63) is 53.6 Å². The Labute approximate surface area is 236 Å². The first-order valence-corrected chi connectivity index (χ1v) is 16.4. The fourth-order valence-corrected chi connectivity index (χ4v) is 7.11. The molecule has 0 bridgehead atoms. The van der Waals surface area contributed by atoms with Gasteiger partial charge in [-0.25, -0.2) is 0 Å². The Morgan fingerprint density at radius 3 is 2.29 bits per heavy atom. The monoisotopic (exact) mass is 560 g/mol. The molecule has 1 aliphatic heterocycles. The molecule has 0 spiro atoms. The highest BCUT2D eigenvalue weighted by atomic mass is 32.2. The quantitative estimate of drug-likeness (QED) is 0.148. The minimum atomic E-state index is -0.681. The zero-order valence-corrected chi connectivity index (χ0v) is 24.1. The summed E-state index contributed by atoms with van der Waals surface area (Å²) in [5.41, 5.74) is 2.21. The van der Waals surface area contributed by atoms with Gasteiger partial charge in [0.05, 0.1) is 0 Å². The number of para-hydroxylation sites is 1. The van der Waals surface area contributed by atoms with E-state index in [-0.39, 0.29) is 16.9 Å². The minimum absolute atomic E-state index is 0.0608. The summed E-state index contributed by atoms with van der Waals surface area (Å²) in [6.45, 7) is 0. The molecular weight excluding hydrogens is 516 g/mol. The first-order chi connectivity index (χ1) is 18.5. The van der Waals surface area contributed by atoms with Gasteiger partial charge < -0.3 is 20.1 Å². The number of aliphatic carboxylic acids is 1. The first-order valence-electron chi connectivity index (χ1n) is 14.2. The molecule has 0 radical (unpaired) electrons. The number of benzene rings is 2. The van der Waals surface area contributed by atoms with Crippen molar-refractivity contribution < 1.29 is 24.9 Å². The van der Waals surface area contributed by atoms with Crippen molar-refractivity contribution in [2.75, 3.05) is 11.5 Å². The molecule has 0 aliphatic carbocycles. The second kappa shape index (κ2) is 17.6. The van der Waals surface area contributed by atoms with Crippen LogP contribution in [0.3, 0.4) is 0 Å². The van der Waals surface area contributed by atoms with Crippen molar-refractivity contribution in [3.8, 4) is 17.2 Å². The van der Waals surface area contributed by atoms with Gasteiger partial charge >= 0.3 is 5.97 Å². The molecule has 2 atom stereocenters. The van der Waals surface area contributed by atoms with Gasteiger partial charge in [0.25, 0.3) is 0 Å². The Kier molecular flexibility index (Phi) is 14.1. The Morgan fingerprint density at radius 1 is 0.868 bits per heavy atom. The van der Waals surface area contributed by atoms with Gasteiger partial charge in [0, 0.05) is 30.2 Å². The SMILES string of the molecule is O=C(O)CCCCCSCCCCCCCCCC1CC(SCc2ccc(O)cc2O)Oc2ccccc21. The number of carboxylic acids is 1. The fourth-order valence-electron chi connectivity index (χ4n) is 4.94. The van der Waals surface area contributed by atoms with Crippen molar-refractivity contribution in [1.29, 1.82) is 0 Å². The molecule has 1 heterocycles. The summed E-state index contributed by atoms with van der Waals surface area (Å²) < 4.78 is 6.29. The third-order valence-corrected chi connectivity index (χ3v) is 9.40. The van der Waals surface area contributed by atoms with Crippen LogP contribution in [0.5, 0.6) is 17.2 Å². The summed E-state index contributed by atoms with van der Waals surface area (Å²) in [7, 11) is 0. The van der Waals surface area contributed by atoms with E-state index in [1.54, 1.807) is 23.9 Å². The summed E-state index contributed by atoms with van der Waals surface area (Å²) >= 11 is 3.73. The van der Waals surface area contributed by atoms with Crippen molar-refractivity contribution in [2.24, 2.45) is 0 Å². The Hall–Kier alpha value is -1.99. The summed E-state index contributed by atoms with van der Waals surface area (Å²) in [5, 5.41) is 28.3. The maximum absolute atomic E-state index is 10.5. The molecule has 5 nitrogen and oxygen atoms in total. The van der Waals surface area contributed by atoms with E-state index in [1.165, 1.54) is 68.7 Å². The summed E-state index contributed by atoms with van der Waals surface area (Å²) in [4.78, 5) is 10.5. The smallest absolute Gasteiger partial charge is 0.303 e. The maximum Gasteiger partial charge on any atom is 0.303 e. The number of fused-ring (bicyclic) bond motifs is 1. The third-order valence-electron chi connectivity index (χ3n) is 7.11. The van der Waals surface area contributed by atoms with Gasteiger partial charge in [-0.3, -0.25) is 4.79 Å². The number of phenols is 2. The highest BCUT2D eigenvalue weighted by Gasteiger charge is 2.28. The van der Waals surface area contributed by atoms with E-state index in [0.717, 1.165) is 42.7 Å². The molecule has 7 heteroatoms. The lowest BCUT2D eigenvalue weighted by Gasteiger charge is -2.32. The van der Waals surface area contributed by atoms with Crippen LogP contribution < -0.4 is 4.74 Å². The summed E-state index contributed by atoms with van der Waals surface area (Å²) in [6.07, 6.45) is 14.5. The van der Waals surface area contributed by atoms with E-state index in [4.69, 9.17) is 9.84 Å². The molecule has 3 N–H and O–H groups in total. The molecule has 0 aromatic heterocycles. The van der Waals surface area contributed by atoms with E-state index in [1.807, 2.05) is 17.8 Å². The van der Waals surface area contributed by atoms with Crippen molar-refractivity contribution in [1.82, 2.24) is 0 Å². The third kappa shape index (κ3) is 11.4. The minimum Gasteiger partial charge on any atom is -0.508 e. The van der Waals surface area contributed by atoms with E-state index in [9.17, 15) is 15.0 Å². The summed E-state index contributed by atoms with van der Waals surface area (Å²) in [6, 6.07) is 13.2. The van der Waals surface area contributed by atoms with Gasteiger partial charge in [0.15, 0.2) is 0 Å². The average molecular weight is 561 g/mol. The van der Waals surface area contributed by atoms with Crippen molar-refractivity contribution in [3.63, 3.8) is 0 Å². The van der Waals surface area contributed by atoms with Gasteiger partial charge in [-0.15, -0.1) is 11.8 Å². The number of unbranched alkanes of at least 4 members (excludes halogenated alkanes) is 8. The standard InChI is InChI=1S/C31H44O5S2/c32-26-18-17-25(28(33)22-26)23-38-31-21-24(27-14-9-10-15-29(27)36-31)13-7-4-2-1-3-5-11-19-37-20-12-6-8-16-30(34)35/h9-10,14-15,17-18,22,24,31-33H,1-8,11-13,16,19-21,23H2,(H,34,35). The van der Waals surface area contributed by atoms with Crippen LogP contribution in [-0.4, -0.2) is 38.2 Å². The van der Waals surface area contributed by atoms with Gasteiger partial charge in [-0.2, -0.15) is 11.8 Å². The first kappa shape index (κ1) is 30.6. The van der Waals surface area contributed by atoms with Gasteiger partial charge in [0.2, 0.25) is 0 Å². The van der Waals surface area contributed by atoms with Crippen LogP contribution in [0.1, 0.15) is 101 Å². The number of aromatic hydroxyl groups is 2. The summed E-state index contributed by atoms with van der Waals surface area (Å²) in [5.74, 6) is 4.07. The van der Waals surface area contributed by atoms with Gasteiger partial charge in [-0.05, 0) is 60.8 Å². The normalized spacial score (nSPS) is 16.6. The highest BCUT2D eigenvalue weighted by molar-refractivity contribution is 7.99. The second-order valence-corrected chi connectivity index (χ2v) is 12.6. The molecular formula is C31H44O5S2. The molecule has 2 aromatic rings. The Morgan fingerprint density at radius 2 is 1.55 bits per heavy atom. The van der Waals surface area contributed by atoms with Crippen LogP contribution >= 0.6 is 23.5 Å².